The number of furan rings is 1. The molecule has 1 aliphatic rings. The van der Waals surface area contributed by atoms with Crippen LogP contribution in [0.4, 0.5) is 17.1 Å². The van der Waals surface area contributed by atoms with Crippen LogP contribution in [0.2, 0.25) is 0 Å². The van der Waals surface area contributed by atoms with E-state index < -0.39 is 0 Å². The number of hydrogen-bond donors (Lipinski definition) is 0. The summed E-state index contributed by atoms with van der Waals surface area (Å²) in [6, 6.07) is 65.8. The second kappa shape index (κ2) is 11.6. The van der Waals surface area contributed by atoms with Gasteiger partial charge in [-0.15, -0.1) is 0 Å². The zero-order valence-corrected chi connectivity index (χ0v) is 30.1. The van der Waals surface area contributed by atoms with Crippen LogP contribution in [-0.2, 0) is 5.41 Å². The minimum absolute atomic E-state index is 0.0897. The molecule has 3 heteroatoms. The van der Waals surface area contributed by atoms with Crippen molar-refractivity contribution in [2.24, 2.45) is 0 Å². The fourth-order valence-electron chi connectivity index (χ4n) is 9.12. The molecule has 8 aromatic carbocycles. The van der Waals surface area contributed by atoms with Gasteiger partial charge in [0.25, 0.3) is 0 Å². The molecule has 0 unspecified atom stereocenters. The van der Waals surface area contributed by atoms with Crippen LogP contribution in [-0.4, -0.2) is 4.57 Å². The van der Waals surface area contributed by atoms with Crippen LogP contribution in [0.1, 0.15) is 25.0 Å². The van der Waals surface area contributed by atoms with E-state index in [1.807, 2.05) is 6.07 Å². The summed E-state index contributed by atoms with van der Waals surface area (Å²) >= 11 is 0. The van der Waals surface area contributed by atoms with E-state index in [1.54, 1.807) is 0 Å². The van der Waals surface area contributed by atoms with Crippen molar-refractivity contribution >= 4 is 60.8 Å². The summed E-state index contributed by atoms with van der Waals surface area (Å²) in [4.78, 5) is 2.36. The first-order valence-electron chi connectivity index (χ1n) is 18.7. The Bertz CT molecular complexity index is 3040. The second-order valence-corrected chi connectivity index (χ2v) is 14.9. The van der Waals surface area contributed by atoms with Gasteiger partial charge in [0.2, 0.25) is 0 Å². The summed E-state index contributed by atoms with van der Waals surface area (Å²) in [7, 11) is 0. The standard InChI is InChI=1S/C51H36N2O/c1-51(2)43-25-12-9-21-41(43)48-44(51)28-29-46-49(48)42-22-10-13-26-45(42)53(46)37-31-33(38-23-15-24-40-39-20-11-14-27-47(39)54-50(38)40)30-36(32-37)52(34-16-5-3-6-17-34)35-18-7-4-8-19-35/h3-32H,1-2H3. The van der Waals surface area contributed by atoms with Crippen LogP contribution < -0.4 is 4.90 Å². The van der Waals surface area contributed by atoms with Crippen molar-refractivity contribution in [2.75, 3.05) is 4.90 Å². The maximum absolute atomic E-state index is 6.66. The van der Waals surface area contributed by atoms with Gasteiger partial charge >= 0.3 is 0 Å². The van der Waals surface area contributed by atoms with Gasteiger partial charge < -0.3 is 13.9 Å². The highest BCUT2D eigenvalue weighted by atomic mass is 16.3. The van der Waals surface area contributed by atoms with Crippen molar-refractivity contribution in [1.29, 1.82) is 0 Å². The Morgan fingerprint density at radius 3 is 1.93 bits per heavy atom. The predicted octanol–water partition coefficient (Wildman–Crippen LogP) is 14.1. The molecule has 0 atom stereocenters. The highest BCUT2D eigenvalue weighted by Crippen LogP contribution is 2.53. The molecule has 2 heterocycles. The monoisotopic (exact) mass is 692 g/mol. The molecule has 0 saturated heterocycles. The van der Waals surface area contributed by atoms with Crippen LogP contribution in [0.5, 0.6) is 0 Å². The maximum atomic E-state index is 6.66. The van der Waals surface area contributed by atoms with Crippen molar-refractivity contribution in [3.63, 3.8) is 0 Å². The van der Waals surface area contributed by atoms with Gasteiger partial charge in [-0.2, -0.15) is 0 Å². The Kier molecular flexibility index (Phi) is 6.60. The average molecular weight is 693 g/mol. The minimum Gasteiger partial charge on any atom is -0.455 e. The Balaban J connectivity index is 1.25. The number of fused-ring (bicyclic) bond motifs is 10. The molecule has 0 fully saturated rings. The van der Waals surface area contributed by atoms with E-state index >= 15 is 0 Å². The van der Waals surface area contributed by atoms with Gasteiger partial charge in [0.05, 0.1) is 11.0 Å². The first-order valence-corrected chi connectivity index (χ1v) is 18.7. The van der Waals surface area contributed by atoms with E-state index in [0.717, 1.165) is 55.8 Å². The largest absolute Gasteiger partial charge is 0.455 e. The fraction of sp³-hybridized carbons (Fsp3) is 0.0588. The molecular weight excluding hydrogens is 657 g/mol. The van der Waals surface area contributed by atoms with Crippen LogP contribution in [0.25, 0.3) is 71.7 Å². The molecule has 0 amide bonds. The molecule has 3 nitrogen and oxygen atoms in total. The highest BCUT2D eigenvalue weighted by Gasteiger charge is 2.37. The summed E-state index contributed by atoms with van der Waals surface area (Å²) in [6.45, 7) is 4.72. The molecule has 11 rings (SSSR count). The number of nitrogens with zero attached hydrogens (tertiary/aromatic N) is 2. The Hall–Kier alpha value is -6.84. The van der Waals surface area contributed by atoms with E-state index in [9.17, 15) is 0 Å². The molecule has 0 N–H and O–H groups in total. The molecule has 0 spiro atoms. The smallest absolute Gasteiger partial charge is 0.143 e. The van der Waals surface area contributed by atoms with E-state index in [1.165, 1.54) is 44.1 Å². The van der Waals surface area contributed by atoms with Crippen molar-refractivity contribution < 1.29 is 4.42 Å². The lowest BCUT2D eigenvalue weighted by atomic mass is 9.82. The number of aromatic nitrogens is 1. The van der Waals surface area contributed by atoms with Gasteiger partial charge in [0, 0.05) is 55.3 Å². The molecule has 2 aromatic heterocycles. The number of para-hydroxylation sites is 5. The van der Waals surface area contributed by atoms with Gasteiger partial charge in [-0.05, 0) is 88.5 Å². The SMILES string of the molecule is CC1(C)c2ccccc2-c2c1ccc1c2c2ccccc2n1-c1cc(-c2cccc3c2oc2ccccc23)cc(N(c2ccccc2)c2ccccc2)c1. The maximum Gasteiger partial charge on any atom is 0.143 e. The zero-order chi connectivity index (χ0) is 36.0. The van der Waals surface area contributed by atoms with Crippen molar-refractivity contribution in [2.45, 2.75) is 19.3 Å². The van der Waals surface area contributed by atoms with Gasteiger partial charge in [-0.3, -0.25) is 0 Å². The Morgan fingerprint density at radius 2 is 1.13 bits per heavy atom. The predicted molar refractivity (Wildman–Crippen MR) is 226 cm³/mol. The second-order valence-electron chi connectivity index (χ2n) is 14.9. The third-order valence-electron chi connectivity index (χ3n) is 11.5. The van der Waals surface area contributed by atoms with Gasteiger partial charge in [-0.25, -0.2) is 0 Å². The molecule has 0 aliphatic heterocycles. The normalized spacial score (nSPS) is 13.1. The van der Waals surface area contributed by atoms with E-state index in [2.05, 4.69) is 199 Å². The average Bonchev–Trinajstić information content (AvgIpc) is 3.84. The van der Waals surface area contributed by atoms with Crippen LogP contribution in [0.15, 0.2) is 186 Å². The highest BCUT2D eigenvalue weighted by molar-refractivity contribution is 6.18. The summed E-state index contributed by atoms with van der Waals surface area (Å²) in [5, 5.41) is 4.80. The van der Waals surface area contributed by atoms with Gasteiger partial charge in [0.15, 0.2) is 0 Å². The molecule has 0 radical (unpaired) electrons. The van der Waals surface area contributed by atoms with Crippen molar-refractivity contribution in [1.82, 2.24) is 4.57 Å². The lowest BCUT2D eigenvalue weighted by Gasteiger charge is -2.27. The minimum atomic E-state index is -0.0897. The Labute approximate surface area is 314 Å². The number of benzene rings is 8. The first kappa shape index (κ1) is 30.8. The molecule has 10 aromatic rings. The van der Waals surface area contributed by atoms with E-state index in [0.29, 0.717) is 0 Å². The lowest BCUT2D eigenvalue weighted by Crippen LogP contribution is -2.14. The number of anilines is 3. The topological polar surface area (TPSA) is 21.3 Å². The Morgan fingerprint density at radius 1 is 0.481 bits per heavy atom. The number of hydrogen-bond acceptors (Lipinski definition) is 2. The fourth-order valence-corrected chi connectivity index (χ4v) is 9.12. The summed E-state index contributed by atoms with van der Waals surface area (Å²) < 4.78 is 9.13. The molecule has 0 bridgehead atoms. The van der Waals surface area contributed by atoms with Crippen molar-refractivity contribution in [3.8, 4) is 27.9 Å². The van der Waals surface area contributed by atoms with Gasteiger partial charge in [-0.1, -0.05) is 135 Å². The molecule has 1 aliphatic carbocycles. The quantitative estimate of drug-likeness (QED) is 0.179. The van der Waals surface area contributed by atoms with Crippen LogP contribution >= 0.6 is 0 Å². The third-order valence-corrected chi connectivity index (χ3v) is 11.5. The molecule has 0 saturated carbocycles. The summed E-state index contributed by atoms with van der Waals surface area (Å²) in [5.41, 5.74) is 16.0. The number of rotatable bonds is 5. The summed E-state index contributed by atoms with van der Waals surface area (Å²) in [5.74, 6) is 0. The van der Waals surface area contributed by atoms with Gasteiger partial charge in [0.1, 0.15) is 11.2 Å². The molecule has 256 valence electrons. The molecule has 54 heavy (non-hydrogen) atoms. The van der Waals surface area contributed by atoms with Crippen molar-refractivity contribution in [3.05, 3.63) is 193 Å². The van der Waals surface area contributed by atoms with Crippen LogP contribution in [0, 0.1) is 0 Å². The zero-order valence-electron chi connectivity index (χ0n) is 30.1. The molecular formula is C51H36N2O. The third kappa shape index (κ3) is 4.42. The summed E-state index contributed by atoms with van der Waals surface area (Å²) in [6.07, 6.45) is 0. The lowest BCUT2D eigenvalue weighted by molar-refractivity contribution is 0.661. The first-order chi connectivity index (χ1) is 26.6. The van der Waals surface area contributed by atoms with E-state index in [4.69, 9.17) is 4.42 Å². The van der Waals surface area contributed by atoms with E-state index in [-0.39, 0.29) is 5.41 Å². The van der Waals surface area contributed by atoms with Crippen LogP contribution in [0.3, 0.4) is 0 Å².